The minimum Gasteiger partial charge on any atom is -0.458 e. The number of para-hydroxylation sites is 1. The highest BCUT2D eigenvalue weighted by Crippen LogP contribution is 2.35. The second-order valence-corrected chi connectivity index (χ2v) is 5.06. The molecule has 0 bridgehead atoms. The van der Waals surface area contributed by atoms with Gasteiger partial charge in [0.25, 0.3) is 0 Å². The lowest BCUT2D eigenvalue weighted by molar-refractivity contribution is 0.119. The van der Waals surface area contributed by atoms with Crippen molar-refractivity contribution in [2.24, 2.45) is 0 Å². The van der Waals surface area contributed by atoms with Crippen molar-refractivity contribution in [1.29, 1.82) is 0 Å². The Hall–Kier alpha value is -2.06. The highest BCUT2D eigenvalue weighted by molar-refractivity contribution is 5.77. The summed E-state index contributed by atoms with van der Waals surface area (Å²) >= 11 is 0. The Labute approximate surface area is 118 Å². The number of fused-ring (bicyclic) bond motifs is 1. The fourth-order valence-electron chi connectivity index (χ4n) is 2.69. The second kappa shape index (κ2) is 5.51. The summed E-state index contributed by atoms with van der Waals surface area (Å²) in [6.45, 7) is 2.09. The summed E-state index contributed by atoms with van der Waals surface area (Å²) in [5.41, 5.74) is 1.97. The monoisotopic (exact) mass is 266 g/mol. The Balaban J connectivity index is 1.95. The summed E-state index contributed by atoms with van der Waals surface area (Å²) in [5, 5.41) is 11.7. The van der Waals surface area contributed by atoms with Crippen molar-refractivity contribution in [2.45, 2.75) is 25.4 Å². The lowest BCUT2D eigenvalue weighted by Crippen LogP contribution is -2.09. The van der Waals surface area contributed by atoms with Crippen LogP contribution < -0.4 is 0 Å². The Morgan fingerprint density at radius 3 is 2.40 bits per heavy atom. The molecular formula is C18H18O2. The van der Waals surface area contributed by atoms with Gasteiger partial charge in [-0.05, 0) is 24.1 Å². The van der Waals surface area contributed by atoms with Gasteiger partial charge < -0.3 is 9.52 Å². The average Bonchev–Trinajstić information content (AvgIpc) is 2.93. The molecule has 2 atom stereocenters. The maximum absolute atomic E-state index is 10.6. The minimum atomic E-state index is -0.616. The summed E-state index contributed by atoms with van der Waals surface area (Å²) < 4.78 is 5.78. The van der Waals surface area contributed by atoms with Crippen LogP contribution in [-0.2, 0) is 0 Å². The van der Waals surface area contributed by atoms with Crippen LogP contribution in [0.3, 0.4) is 0 Å². The van der Waals surface area contributed by atoms with E-state index in [0.29, 0.717) is 5.76 Å². The normalized spacial score (nSPS) is 14.3. The molecular weight excluding hydrogens is 248 g/mol. The van der Waals surface area contributed by atoms with Gasteiger partial charge in [-0.25, -0.2) is 0 Å². The van der Waals surface area contributed by atoms with E-state index in [-0.39, 0.29) is 5.92 Å². The molecule has 20 heavy (non-hydrogen) atoms. The predicted octanol–water partition coefficient (Wildman–Crippen LogP) is 4.66. The SMILES string of the molecule is CCC(c1ccccc1)C(O)c1cc2ccccc2o1. The molecule has 0 saturated heterocycles. The van der Waals surface area contributed by atoms with Crippen LogP contribution in [0.25, 0.3) is 11.0 Å². The zero-order chi connectivity index (χ0) is 13.9. The van der Waals surface area contributed by atoms with Crippen molar-refractivity contribution in [3.63, 3.8) is 0 Å². The fourth-order valence-corrected chi connectivity index (χ4v) is 2.69. The summed E-state index contributed by atoms with van der Waals surface area (Å²) in [6.07, 6.45) is 0.247. The van der Waals surface area contributed by atoms with E-state index in [4.69, 9.17) is 4.42 Å². The largest absolute Gasteiger partial charge is 0.458 e. The third-order valence-electron chi connectivity index (χ3n) is 3.78. The first-order valence-electron chi connectivity index (χ1n) is 7.01. The average molecular weight is 266 g/mol. The van der Waals surface area contributed by atoms with E-state index in [1.165, 1.54) is 0 Å². The number of rotatable bonds is 4. The molecule has 0 fully saturated rings. The van der Waals surface area contributed by atoms with Gasteiger partial charge in [0.15, 0.2) is 0 Å². The summed E-state index contributed by atoms with van der Waals surface area (Å²) in [7, 11) is 0. The summed E-state index contributed by atoms with van der Waals surface area (Å²) in [6, 6.07) is 19.9. The van der Waals surface area contributed by atoms with Gasteiger partial charge in [-0.1, -0.05) is 55.5 Å². The van der Waals surface area contributed by atoms with Gasteiger partial charge in [-0.3, -0.25) is 0 Å². The summed E-state index contributed by atoms with van der Waals surface area (Å²) in [4.78, 5) is 0. The lowest BCUT2D eigenvalue weighted by atomic mass is 9.90. The molecule has 102 valence electrons. The van der Waals surface area contributed by atoms with Gasteiger partial charge in [0.2, 0.25) is 0 Å². The highest BCUT2D eigenvalue weighted by Gasteiger charge is 2.24. The predicted molar refractivity (Wildman–Crippen MR) is 80.6 cm³/mol. The molecule has 0 aliphatic carbocycles. The van der Waals surface area contributed by atoms with Crippen LogP contribution in [0.2, 0.25) is 0 Å². The van der Waals surface area contributed by atoms with Crippen LogP contribution in [0, 0.1) is 0 Å². The van der Waals surface area contributed by atoms with Gasteiger partial charge in [0.05, 0.1) is 0 Å². The fraction of sp³-hybridized carbons (Fsp3) is 0.222. The van der Waals surface area contributed by atoms with Crippen LogP contribution in [0.4, 0.5) is 0 Å². The third-order valence-corrected chi connectivity index (χ3v) is 3.78. The molecule has 0 spiro atoms. The van der Waals surface area contributed by atoms with Crippen molar-refractivity contribution >= 4 is 11.0 Å². The summed E-state index contributed by atoms with van der Waals surface area (Å²) in [5.74, 6) is 0.693. The first-order valence-corrected chi connectivity index (χ1v) is 7.01. The van der Waals surface area contributed by atoms with Crippen molar-refractivity contribution in [1.82, 2.24) is 0 Å². The number of aliphatic hydroxyl groups is 1. The molecule has 2 heteroatoms. The van der Waals surface area contributed by atoms with Gasteiger partial charge in [-0.2, -0.15) is 0 Å². The highest BCUT2D eigenvalue weighted by atomic mass is 16.4. The number of benzene rings is 2. The van der Waals surface area contributed by atoms with E-state index in [1.54, 1.807) is 0 Å². The lowest BCUT2D eigenvalue weighted by Gasteiger charge is -2.20. The van der Waals surface area contributed by atoms with Crippen LogP contribution in [0.5, 0.6) is 0 Å². The van der Waals surface area contributed by atoms with Gasteiger partial charge in [0.1, 0.15) is 17.4 Å². The first kappa shape index (κ1) is 12.9. The Kier molecular flexibility index (Phi) is 3.57. The van der Waals surface area contributed by atoms with Crippen LogP contribution in [0.15, 0.2) is 65.1 Å². The molecule has 0 amide bonds. The Morgan fingerprint density at radius 2 is 1.70 bits per heavy atom. The molecule has 0 radical (unpaired) electrons. The smallest absolute Gasteiger partial charge is 0.134 e. The van der Waals surface area contributed by atoms with E-state index in [1.807, 2.05) is 48.5 Å². The molecule has 0 aliphatic rings. The molecule has 2 unspecified atom stereocenters. The van der Waals surface area contributed by atoms with E-state index < -0.39 is 6.10 Å². The second-order valence-electron chi connectivity index (χ2n) is 5.06. The van der Waals surface area contributed by atoms with E-state index in [9.17, 15) is 5.11 Å². The topological polar surface area (TPSA) is 33.4 Å². The van der Waals surface area contributed by atoms with E-state index >= 15 is 0 Å². The molecule has 0 saturated carbocycles. The molecule has 1 heterocycles. The van der Waals surface area contributed by atoms with Gasteiger partial charge in [-0.15, -0.1) is 0 Å². The van der Waals surface area contributed by atoms with Gasteiger partial charge >= 0.3 is 0 Å². The Morgan fingerprint density at radius 1 is 1.00 bits per heavy atom. The molecule has 3 aromatic rings. The van der Waals surface area contributed by atoms with Crippen LogP contribution in [-0.4, -0.2) is 5.11 Å². The Bertz CT molecular complexity index is 652. The first-order chi connectivity index (χ1) is 9.79. The zero-order valence-electron chi connectivity index (χ0n) is 11.5. The van der Waals surface area contributed by atoms with Crippen molar-refractivity contribution < 1.29 is 9.52 Å². The van der Waals surface area contributed by atoms with E-state index in [0.717, 1.165) is 23.0 Å². The molecule has 1 aromatic heterocycles. The zero-order valence-corrected chi connectivity index (χ0v) is 11.5. The van der Waals surface area contributed by atoms with Crippen molar-refractivity contribution in [3.8, 4) is 0 Å². The number of aliphatic hydroxyl groups excluding tert-OH is 1. The molecule has 3 rings (SSSR count). The number of hydrogen-bond acceptors (Lipinski definition) is 2. The molecule has 1 N–H and O–H groups in total. The van der Waals surface area contributed by atoms with Crippen LogP contribution >= 0.6 is 0 Å². The number of furan rings is 1. The third kappa shape index (κ3) is 2.35. The standard InChI is InChI=1S/C18H18O2/c1-2-15(13-8-4-3-5-9-13)18(19)17-12-14-10-6-7-11-16(14)20-17/h3-12,15,18-19H,2H2,1H3. The molecule has 2 nitrogen and oxygen atoms in total. The maximum Gasteiger partial charge on any atom is 0.134 e. The van der Waals surface area contributed by atoms with Crippen molar-refractivity contribution in [2.75, 3.05) is 0 Å². The quantitative estimate of drug-likeness (QED) is 0.745. The number of hydrogen-bond donors (Lipinski definition) is 1. The minimum absolute atomic E-state index is 0.0526. The molecule has 2 aromatic carbocycles. The van der Waals surface area contributed by atoms with E-state index in [2.05, 4.69) is 19.1 Å². The van der Waals surface area contributed by atoms with Gasteiger partial charge in [0, 0.05) is 11.3 Å². The van der Waals surface area contributed by atoms with Crippen LogP contribution in [0.1, 0.15) is 36.7 Å². The van der Waals surface area contributed by atoms with Crippen molar-refractivity contribution in [3.05, 3.63) is 72.0 Å². The molecule has 0 aliphatic heterocycles. The maximum atomic E-state index is 10.6.